The van der Waals surface area contributed by atoms with Gasteiger partial charge in [-0.3, -0.25) is 14.7 Å². The van der Waals surface area contributed by atoms with Crippen molar-refractivity contribution in [1.29, 1.82) is 0 Å². The highest BCUT2D eigenvalue weighted by Crippen LogP contribution is 2.40. The zero-order chi connectivity index (χ0) is 23.5. The Hall–Kier alpha value is -3.30. The summed E-state index contributed by atoms with van der Waals surface area (Å²) in [6.45, 7) is 5.72. The average molecular weight is 468 g/mol. The first-order chi connectivity index (χ1) is 15.9. The lowest BCUT2D eigenvalue weighted by Crippen LogP contribution is -2.52. The number of nitrogens with zero attached hydrogens (tertiary/aromatic N) is 3. The van der Waals surface area contributed by atoms with E-state index < -0.39 is 18.1 Å². The van der Waals surface area contributed by atoms with Crippen LogP contribution in [-0.4, -0.2) is 54.3 Å². The molecule has 3 heterocycles. The third-order valence-corrected chi connectivity index (χ3v) is 6.31. The van der Waals surface area contributed by atoms with Gasteiger partial charge in [0.2, 0.25) is 0 Å². The second-order valence-electron chi connectivity index (χ2n) is 7.63. The molecule has 1 aliphatic heterocycles. The van der Waals surface area contributed by atoms with Crippen molar-refractivity contribution >= 4 is 28.9 Å². The second-order valence-corrected chi connectivity index (χ2v) is 8.83. The molecule has 1 aromatic carbocycles. The van der Waals surface area contributed by atoms with Crippen molar-refractivity contribution in [3.8, 4) is 27.7 Å². The molecule has 0 radical (unpaired) electrons. The van der Waals surface area contributed by atoms with E-state index in [-0.39, 0.29) is 19.1 Å². The highest BCUT2D eigenvalue weighted by atomic mass is 32.1. The van der Waals surface area contributed by atoms with E-state index in [9.17, 15) is 9.59 Å². The number of aromatic nitrogens is 2. The molecular formula is C24H25N3O5S. The van der Waals surface area contributed by atoms with Gasteiger partial charge in [-0.1, -0.05) is 6.07 Å². The number of thiazole rings is 1. The smallest absolute Gasteiger partial charge is 0.329 e. The molecule has 2 atom stereocenters. The minimum atomic E-state index is -0.824. The Morgan fingerprint density at radius 1 is 1.27 bits per heavy atom. The molecule has 0 spiro atoms. The molecule has 33 heavy (non-hydrogen) atoms. The second kappa shape index (κ2) is 9.68. The number of carbonyl (C=O) groups excluding carboxylic acids is 2. The molecule has 0 saturated carbocycles. The first kappa shape index (κ1) is 22.9. The summed E-state index contributed by atoms with van der Waals surface area (Å²) in [4.78, 5) is 37.3. The predicted molar refractivity (Wildman–Crippen MR) is 125 cm³/mol. The summed E-state index contributed by atoms with van der Waals surface area (Å²) in [5, 5.41) is 0.814. The molecule has 3 aromatic rings. The molecule has 0 bridgehead atoms. The lowest BCUT2D eigenvalue weighted by molar-refractivity contribution is -0.147. The summed E-state index contributed by atoms with van der Waals surface area (Å²) in [7, 11) is 1.53. The fourth-order valence-corrected chi connectivity index (χ4v) is 4.53. The Kier molecular flexibility index (Phi) is 6.71. The topological polar surface area (TPSA) is 90.9 Å². The largest absolute Gasteiger partial charge is 0.479 e. The van der Waals surface area contributed by atoms with E-state index in [1.807, 2.05) is 43.3 Å². The zero-order valence-corrected chi connectivity index (χ0v) is 19.7. The predicted octanol–water partition coefficient (Wildman–Crippen LogP) is 3.87. The van der Waals surface area contributed by atoms with E-state index in [4.69, 9.17) is 19.2 Å². The molecular weight excluding hydrogens is 442 g/mol. The van der Waals surface area contributed by atoms with Gasteiger partial charge in [0.05, 0.1) is 23.7 Å². The van der Waals surface area contributed by atoms with E-state index in [2.05, 4.69) is 4.98 Å². The number of ether oxygens (including phenoxy) is 3. The van der Waals surface area contributed by atoms with Crippen molar-refractivity contribution in [3.05, 3.63) is 47.5 Å². The van der Waals surface area contributed by atoms with E-state index in [1.165, 1.54) is 12.0 Å². The lowest BCUT2D eigenvalue weighted by atomic mass is 10.1. The van der Waals surface area contributed by atoms with Crippen LogP contribution in [0.1, 0.15) is 18.7 Å². The van der Waals surface area contributed by atoms with Crippen molar-refractivity contribution in [2.75, 3.05) is 25.2 Å². The van der Waals surface area contributed by atoms with Crippen LogP contribution in [0.2, 0.25) is 0 Å². The minimum Gasteiger partial charge on any atom is -0.479 e. The first-order valence-electron chi connectivity index (χ1n) is 10.6. The number of aryl methyl sites for hydroxylation is 1. The summed E-state index contributed by atoms with van der Waals surface area (Å²) in [5.74, 6) is -0.284. The number of amides is 1. The zero-order valence-electron chi connectivity index (χ0n) is 18.9. The van der Waals surface area contributed by atoms with Gasteiger partial charge in [-0.25, -0.2) is 9.78 Å². The standard InChI is InChI=1S/C24H25N3O5S/c1-14(24(29)31-12-11-30-4)27-19-13-17(8-9-20(19)32-15(2)23(27)28)21-16(3)33-22(26-21)18-7-5-6-10-25-18/h5-10,13-15H,11-12H2,1-4H3. The Labute approximate surface area is 196 Å². The molecule has 0 aliphatic carbocycles. The van der Waals surface area contributed by atoms with Gasteiger partial charge in [0, 0.05) is 23.7 Å². The summed E-state index contributed by atoms with van der Waals surface area (Å²) < 4.78 is 16.0. The first-order valence-corrected chi connectivity index (χ1v) is 11.4. The SMILES string of the molecule is COCCOC(=O)C(C)N1C(=O)C(C)Oc2ccc(-c3nc(-c4ccccn4)sc3C)cc21. The van der Waals surface area contributed by atoms with Crippen molar-refractivity contribution in [3.63, 3.8) is 0 Å². The van der Waals surface area contributed by atoms with E-state index >= 15 is 0 Å². The number of benzene rings is 1. The molecule has 9 heteroatoms. The minimum absolute atomic E-state index is 0.120. The number of fused-ring (bicyclic) bond motifs is 1. The van der Waals surface area contributed by atoms with Crippen LogP contribution >= 0.6 is 11.3 Å². The quantitative estimate of drug-likeness (QED) is 0.385. The maximum atomic E-state index is 13.0. The maximum absolute atomic E-state index is 13.0. The molecule has 8 nitrogen and oxygen atoms in total. The summed E-state index contributed by atoms with van der Waals surface area (Å²) in [6, 6.07) is 10.4. The third-order valence-electron chi connectivity index (χ3n) is 5.32. The number of rotatable bonds is 7. The Morgan fingerprint density at radius 2 is 2.09 bits per heavy atom. The van der Waals surface area contributed by atoms with Crippen molar-refractivity contribution in [1.82, 2.24) is 9.97 Å². The van der Waals surface area contributed by atoms with Crippen LogP contribution in [0.3, 0.4) is 0 Å². The molecule has 4 rings (SSSR count). The number of hydrogen-bond donors (Lipinski definition) is 0. The van der Waals surface area contributed by atoms with Gasteiger partial charge in [-0.05, 0) is 51.1 Å². The molecule has 172 valence electrons. The lowest BCUT2D eigenvalue weighted by Gasteiger charge is -2.36. The van der Waals surface area contributed by atoms with Gasteiger partial charge in [-0.2, -0.15) is 0 Å². The van der Waals surface area contributed by atoms with Gasteiger partial charge in [0.15, 0.2) is 6.10 Å². The number of methoxy groups -OCH3 is 1. The average Bonchev–Trinajstić information content (AvgIpc) is 3.21. The fourth-order valence-electron chi connectivity index (χ4n) is 3.62. The van der Waals surface area contributed by atoms with E-state index in [1.54, 1.807) is 31.4 Å². The van der Waals surface area contributed by atoms with E-state index in [0.717, 1.165) is 26.8 Å². The van der Waals surface area contributed by atoms with Gasteiger partial charge in [0.1, 0.15) is 23.4 Å². The van der Waals surface area contributed by atoms with Gasteiger partial charge >= 0.3 is 5.97 Å². The Morgan fingerprint density at radius 3 is 2.82 bits per heavy atom. The highest BCUT2D eigenvalue weighted by molar-refractivity contribution is 7.15. The van der Waals surface area contributed by atoms with Gasteiger partial charge < -0.3 is 14.2 Å². The number of esters is 1. The van der Waals surface area contributed by atoms with Gasteiger partial charge in [-0.15, -0.1) is 11.3 Å². The van der Waals surface area contributed by atoms with Crippen LogP contribution in [0.4, 0.5) is 5.69 Å². The van der Waals surface area contributed by atoms with Crippen LogP contribution < -0.4 is 9.64 Å². The molecule has 1 aliphatic rings. The molecule has 0 fully saturated rings. The molecule has 2 aromatic heterocycles. The van der Waals surface area contributed by atoms with Crippen LogP contribution in [0, 0.1) is 6.92 Å². The highest BCUT2D eigenvalue weighted by Gasteiger charge is 2.38. The monoisotopic (exact) mass is 467 g/mol. The number of anilines is 1. The van der Waals surface area contributed by atoms with Crippen molar-refractivity contribution in [2.24, 2.45) is 0 Å². The van der Waals surface area contributed by atoms with Gasteiger partial charge in [0.25, 0.3) is 5.91 Å². The Balaban J connectivity index is 1.70. The molecule has 2 unspecified atom stereocenters. The van der Waals surface area contributed by atoms with E-state index in [0.29, 0.717) is 11.4 Å². The van der Waals surface area contributed by atoms with Crippen LogP contribution in [0.25, 0.3) is 22.0 Å². The third kappa shape index (κ3) is 4.60. The summed E-state index contributed by atoms with van der Waals surface area (Å²) in [5.41, 5.74) is 2.93. The van der Waals surface area contributed by atoms with Crippen molar-refractivity contribution in [2.45, 2.75) is 32.9 Å². The summed E-state index contributed by atoms with van der Waals surface area (Å²) >= 11 is 1.55. The fraction of sp³-hybridized carbons (Fsp3) is 0.333. The number of pyridine rings is 1. The van der Waals surface area contributed by atoms with Crippen molar-refractivity contribution < 1.29 is 23.8 Å². The molecule has 1 amide bonds. The van der Waals surface area contributed by atoms with Crippen LogP contribution in [0.5, 0.6) is 5.75 Å². The number of hydrogen-bond acceptors (Lipinski definition) is 8. The Bertz CT molecular complexity index is 1160. The normalized spacial score (nSPS) is 16.2. The maximum Gasteiger partial charge on any atom is 0.329 e. The summed E-state index contributed by atoms with van der Waals surface area (Å²) in [6.07, 6.45) is 1.02. The molecule has 0 N–H and O–H groups in total. The van der Waals surface area contributed by atoms with Crippen LogP contribution in [0.15, 0.2) is 42.6 Å². The number of carbonyl (C=O) groups is 2. The van der Waals surface area contributed by atoms with Crippen LogP contribution in [-0.2, 0) is 19.1 Å². The molecule has 0 saturated heterocycles.